The average molecular weight is 463 g/mol. The Labute approximate surface area is 159 Å². The van der Waals surface area contributed by atoms with Crippen molar-refractivity contribution in [3.05, 3.63) is 52.0 Å². The number of halogens is 1. The second kappa shape index (κ2) is 7.35. The topological polar surface area (TPSA) is 133 Å². The maximum absolute atomic E-state index is 12.7. The van der Waals surface area contributed by atoms with Crippen LogP contribution in [0.3, 0.4) is 0 Å². The highest BCUT2D eigenvalue weighted by Gasteiger charge is 2.24. The third-order valence-corrected chi connectivity index (χ3v) is 6.37. The minimum Gasteiger partial charge on any atom is -0.465 e. The molecule has 11 heteroatoms. The molecule has 0 aromatic heterocycles. The predicted octanol–water partition coefficient (Wildman–Crippen LogP) is 1.99. The highest BCUT2D eigenvalue weighted by Crippen LogP contribution is 2.26. The minimum atomic E-state index is -4.20. The summed E-state index contributed by atoms with van der Waals surface area (Å²) in [4.78, 5) is 11.4. The summed E-state index contributed by atoms with van der Waals surface area (Å²) in [5.41, 5.74) is 0.181. The first kappa shape index (κ1) is 20.4. The molecule has 0 saturated carbocycles. The molecular weight excluding hydrogens is 448 g/mol. The number of nitrogens with two attached hydrogens (primary N) is 1. The smallest absolute Gasteiger partial charge is 0.339 e. The first-order chi connectivity index (χ1) is 12.0. The van der Waals surface area contributed by atoms with Crippen LogP contribution in [0.1, 0.15) is 15.9 Å². The van der Waals surface area contributed by atoms with Crippen LogP contribution < -0.4 is 9.86 Å². The van der Waals surface area contributed by atoms with E-state index in [4.69, 9.17) is 5.14 Å². The SMILES string of the molecule is COC(=O)c1cc(Br)ccc1S(=O)(=O)Nc1ccc(C)c(S(N)(=O)=O)c1. The van der Waals surface area contributed by atoms with Gasteiger partial charge in [0.2, 0.25) is 10.0 Å². The van der Waals surface area contributed by atoms with Gasteiger partial charge in [-0.15, -0.1) is 0 Å². The van der Waals surface area contributed by atoms with Crippen molar-refractivity contribution in [1.29, 1.82) is 0 Å². The van der Waals surface area contributed by atoms with Gasteiger partial charge in [-0.2, -0.15) is 0 Å². The molecule has 0 aliphatic heterocycles. The van der Waals surface area contributed by atoms with Gasteiger partial charge < -0.3 is 4.74 Å². The maximum Gasteiger partial charge on any atom is 0.339 e. The Balaban J connectivity index is 2.53. The largest absolute Gasteiger partial charge is 0.465 e. The number of aryl methyl sites for hydroxylation is 1. The van der Waals surface area contributed by atoms with Crippen LogP contribution in [0, 0.1) is 6.92 Å². The van der Waals surface area contributed by atoms with Crippen LogP contribution in [-0.2, 0) is 24.8 Å². The van der Waals surface area contributed by atoms with E-state index in [1.165, 1.54) is 37.3 Å². The standard InChI is InChI=1S/C15H15BrN2O6S2/c1-9-3-5-11(8-14(9)25(17,20)21)18-26(22,23)13-6-4-10(16)7-12(13)15(19)24-2/h3-8,18H,1-2H3,(H2,17,20,21). The Morgan fingerprint density at radius 1 is 1.08 bits per heavy atom. The summed E-state index contributed by atoms with van der Waals surface area (Å²) in [6.07, 6.45) is 0. The van der Waals surface area contributed by atoms with Gasteiger partial charge in [0.1, 0.15) is 4.90 Å². The Hall–Kier alpha value is -1.95. The fraction of sp³-hybridized carbons (Fsp3) is 0.133. The van der Waals surface area contributed by atoms with E-state index in [2.05, 4.69) is 25.4 Å². The predicted molar refractivity (Wildman–Crippen MR) is 98.8 cm³/mol. The fourth-order valence-corrected chi connectivity index (χ4v) is 4.58. The highest BCUT2D eigenvalue weighted by atomic mass is 79.9. The van der Waals surface area contributed by atoms with Gasteiger partial charge in [0.25, 0.3) is 10.0 Å². The van der Waals surface area contributed by atoms with Crippen LogP contribution in [0.2, 0.25) is 0 Å². The molecule has 0 bridgehead atoms. The van der Waals surface area contributed by atoms with E-state index >= 15 is 0 Å². The number of rotatable bonds is 5. The highest BCUT2D eigenvalue weighted by molar-refractivity contribution is 9.10. The zero-order valence-corrected chi connectivity index (χ0v) is 16.9. The molecular formula is C15H15BrN2O6S2. The molecule has 0 saturated heterocycles. The summed E-state index contributed by atoms with van der Waals surface area (Å²) < 4.78 is 55.9. The Morgan fingerprint density at radius 2 is 1.73 bits per heavy atom. The lowest BCUT2D eigenvalue weighted by Gasteiger charge is -2.13. The van der Waals surface area contributed by atoms with Crippen molar-refractivity contribution in [2.24, 2.45) is 5.14 Å². The van der Waals surface area contributed by atoms with Crippen molar-refractivity contribution < 1.29 is 26.4 Å². The number of sulfonamides is 2. The number of hydrogen-bond acceptors (Lipinski definition) is 6. The molecule has 8 nitrogen and oxygen atoms in total. The second-order valence-electron chi connectivity index (χ2n) is 5.26. The number of methoxy groups -OCH3 is 1. The summed E-state index contributed by atoms with van der Waals surface area (Å²) >= 11 is 3.16. The molecule has 2 aromatic rings. The zero-order valence-electron chi connectivity index (χ0n) is 13.7. The van der Waals surface area contributed by atoms with Crippen molar-refractivity contribution >= 4 is 47.6 Å². The van der Waals surface area contributed by atoms with Crippen LogP contribution in [0.5, 0.6) is 0 Å². The molecule has 26 heavy (non-hydrogen) atoms. The molecule has 0 fully saturated rings. The number of nitrogens with one attached hydrogen (secondary N) is 1. The maximum atomic E-state index is 12.7. The van der Waals surface area contributed by atoms with Gasteiger partial charge in [0.05, 0.1) is 23.3 Å². The van der Waals surface area contributed by atoms with Crippen molar-refractivity contribution in [3.8, 4) is 0 Å². The van der Waals surface area contributed by atoms with Gasteiger partial charge in [-0.3, -0.25) is 4.72 Å². The van der Waals surface area contributed by atoms with Gasteiger partial charge >= 0.3 is 5.97 Å². The number of esters is 1. The van der Waals surface area contributed by atoms with Crippen molar-refractivity contribution in [3.63, 3.8) is 0 Å². The minimum absolute atomic E-state index is 0.0154. The molecule has 0 aliphatic carbocycles. The van der Waals surface area contributed by atoms with Crippen LogP contribution >= 0.6 is 15.9 Å². The quantitative estimate of drug-likeness (QED) is 0.652. The number of hydrogen-bond donors (Lipinski definition) is 2. The number of anilines is 1. The lowest BCUT2D eigenvalue weighted by Crippen LogP contribution is -2.19. The number of carbonyl (C=O) groups excluding carboxylic acids is 1. The second-order valence-corrected chi connectivity index (χ2v) is 9.36. The van der Waals surface area contributed by atoms with Crippen LogP contribution in [-0.4, -0.2) is 29.9 Å². The molecule has 0 unspecified atom stereocenters. The zero-order chi connectivity index (χ0) is 19.7. The van der Waals surface area contributed by atoms with Gasteiger partial charge in [0, 0.05) is 4.47 Å². The number of benzene rings is 2. The molecule has 2 aromatic carbocycles. The lowest BCUT2D eigenvalue weighted by atomic mass is 10.2. The average Bonchev–Trinajstić information content (AvgIpc) is 2.54. The Morgan fingerprint density at radius 3 is 2.31 bits per heavy atom. The van der Waals surface area contributed by atoms with Gasteiger partial charge in [0.15, 0.2) is 0 Å². The van der Waals surface area contributed by atoms with Crippen LogP contribution in [0.15, 0.2) is 50.7 Å². The molecule has 3 N–H and O–H groups in total. The van der Waals surface area contributed by atoms with Gasteiger partial charge in [-0.1, -0.05) is 22.0 Å². The number of ether oxygens (including phenoxy) is 1. The fourth-order valence-electron chi connectivity index (χ4n) is 2.19. The molecule has 140 valence electrons. The first-order valence-electron chi connectivity index (χ1n) is 7.00. The Bertz CT molecular complexity index is 1080. The summed E-state index contributed by atoms with van der Waals surface area (Å²) in [6, 6.07) is 7.90. The van der Waals surface area contributed by atoms with Crippen LogP contribution in [0.4, 0.5) is 5.69 Å². The molecule has 0 atom stereocenters. The lowest BCUT2D eigenvalue weighted by molar-refractivity contribution is 0.0596. The van der Waals surface area contributed by atoms with E-state index in [0.29, 0.717) is 10.0 Å². The van der Waals surface area contributed by atoms with Crippen LogP contribution in [0.25, 0.3) is 0 Å². The summed E-state index contributed by atoms with van der Waals surface area (Å²) in [5.74, 6) is -0.833. The van der Waals surface area contributed by atoms with Crippen molar-refractivity contribution in [2.45, 2.75) is 16.7 Å². The van der Waals surface area contributed by atoms with E-state index in [1.54, 1.807) is 0 Å². The molecule has 0 spiro atoms. The number of carbonyl (C=O) groups is 1. The molecule has 0 aliphatic rings. The van der Waals surface area contributed by atoms with E-state index in [-0.39, 0.29) is 21.0 Å². The third kappa shape index (κ3) is 4.41. The van der Waals surface area contributed by atoms with Gasteiger partial charge in [-0.05, 0) is 42.8 Å². The third-order valence-electron chi connectivity index (χ3n) is 3.38. The van der Waals surface area contributed by atoms with E-state index in [1.807, 2.05) is 0 Å². The van der Waals surface area contributed by atoms with Gasteiger partial charge in [-0.25, -0.2) is 26.8 Å². The van der Waals surface area contributed by atoms with Crippen molar-refractivity contribution in [1.82, 2.24) is 0 Å². The van der Waals surface area contributed by atoms with E-state index < -0.39 is 26.0 Å². The summed E-state index contributed by atoms with van der Waals surface area (Å²) in [6.45, 7) is 1.53. The number of primary sulfonamides is 1. The first-order valence-corrected chi connectivity index (χ1v) is 10.8. The molecule has 0 amide bonds. The summed E-state index contributed by atoms with van der Waals surface area (Å²) in [5, 5.41) is 5.13. The van der Waals surface area contributed by atoms with E-state index in [0.717, 1.165) is 13.2 Å². The van der Waals surface area contributed by atoms with E-state index in [9.17, 15) is 21.6 Å². The van der Waals surface area contributed by atoms with Crippen molar-refractivity contribution in [2.75, 3.05) is 11.8 Å². The molecule has 0 heterocycles. The monoisotopic (exact) mass is 462 g/mol. The summed E-state index contributed by atoms with van der Waals surface area (Å²) in [7, 11) is -7.09. The molecule has 2 rings (SSSR count). The normalized spacial score (nSPS) is 11.8. The Kier molecular flexibility index (Phi) is 5.76. The molecule has 0 radical (unpaired) electrons.